The average molecular weight is 198 g/mol. The van der Waals surface area contributed by atoms with Gasteiger partial charge in [0.05, 0.1) is 0 Å². The maximum Gasteiger partial charge on any atom is 0.0431 e. The highest BCUT2D eigenvalue weighted by molar-refractivity contribution is 4.76. The molecule has 1 nitrogen and oxygen atoms in total. The van der Waals surface area contributed by atoms with Gasteiger partial charge in [-0.05, 0) is 32.1 Å². The molecular weight excluding hydrogens is 172 g/mol. The van der Waals surface area contributed by atoms with Crippen molar-refractivity contribution in [1.29, 1.82) is 0 Å². The van der Waals surface area contributed by atoms with Crippen LogP contribution in [0.4, 0.5) is 0 Å². The Morgan fingerprint density at radius 1 is 1.07 bits per heavy atom. The maximum absolute atomic E-state index is 8.64. The van der Waals surface area contributed by atoms with Crippen LogP contribution in [0.3, 0.4) is 0 Å². The fraction of sp³-hybridized carbons (Fsp3) is 0.846. The summed E-state index contributed by atoms with van der Waals surface area (Å²) in [4.78, 5) is 0. The lowest BCUT2D eigenvalue weighted by Gasteiger charge is -2.09. The molecule has 84 valence electrons. The van der Waals surface area contributed by atoms with E-state index in [0.717, 1.165) is 12.3 Å². The minimum Gasteiger partial charge on any atom is -0.396 e. The van der Waals surface area contributed by atoms with E-state index in [1.54, 1.807) is 0 Å². The van der Waals surface area contributed by atoms with Gasteiger partial charge in [0.2, 0.25) is 0 Å². The van der Waals surface area contributed by atoms with Crippen LogP contribution >= 0.6 is 0 Å². The molecular formula is C13H26O. The molecule has 1 unspecified atom stereocenters. The smallest absolute Gasteiger partial charge is 0.0431 e. The molecule has 0 fully saturated rings. The third kappa shape index (κ3) is 9.79. The van der Waals surface area contributed by atoms with Crippen LogP contribution in [0.5, 0.6) is 0 Å². The third-order valence-corrected chi connectivity index (χ3v) is 2.66. The van der Waals surface area contributed by atoms with E-state index in [0.29, 0.717) is 6.61 Å². The molecule has 1 atom stereocenters. The van der Waals surface area contributed by atoms with E-state index in [2.05, 4.69) is 26.0 Å². The zero-order chi connectivity index (χ0) is 10.6. The van der Waals surface area contributed by atoms with Gasteiger partial charge in [-0.15, -0.1) is 0 Å². The van der Waals surface area contributed by atoms with Crippen molar-refractivity contribution < 1.29 is 5.11 Å². The first-order chi connectivity index (χ1) is 6.81. The van der Waals surface area contributed by atoms with Crippen LogP contribution in [-0.4, -0.2) is 11.7 Å². The number of hydrogen-bond acceptors (Lipinski definition) is 1. The first-order valence-corrected chi connectivity index (χ1v) is 6.03. The lowest BCUT2D eigenvalue weighted by atomic mass is 9.97. The minimum absolute atomic E-state index is 0.355. The molecule has 0 saturated heterocycles. The molecule has 0 aromatic heterocycles. The van der Waals surface area contributed by atoms with Crippen LogP contribution in [0.15, 0.2) is 12.2 Å². The summed E-state index contributed by atoms with van der Waals surface area (Å²) in [5.74, 6) is 0.840. The van der Waals surface area contributed by atoms with Crippen LogP contribution in [0.2, 0.25) is 0 Å². The van der Waals surface area contributed by atoms with E-state index < -0.39 is 0 Å². The highest BCUT2D eigenvalue weighted by Gasteiger charge is 2.00. The summed E-state index contributed by atoms with van der Waals surface area (Å²) in [7, 11) is 0. The number of rotatable bonds is 9. The first-order valence-electron chi connectivity index (χ1n) is 6.03. The zero-order valence-corrected chi connectivity index (χ0v) is 9.84. The standard InChI is InChI=1S/C13H26O/c1-3-4-5-6-7-10-13(2)11-8-9-12-14/h3-4,13-14H,5-12H2,1-2H3/b4-3+. The number of aliphatic hydroxyl groups excluding tert-OH is 1. The van der Waals surface area contributed by atoms with Gasteiger partial charge in [-0.1, -0.05) is 44.8 Å². The van der Waals surface area contributed by atoms with Gasteiger partial charge in [-0.3, -0.25) is 0 Å². The molecule has 0 aromatic rings. The van der Waals surface area contributed by atoms with E-state index >= 15 is 0 Å². The van der Waals surface area contributed by atoms with Crippen molar-refractivity contribution in [2.75, 3.05) is 6.61 Å². The van der Waals surface area contributed by atoms with Gasteiger partial charge < -0.3 is 5.11 Å². The second-order valence-electron chi connectivity index (χ2n) is 4.18. The van der Waals surface area contributed by atoms with E-state index in [9.17, 15) is 0 Å². The molecule has 0 amide bonds. The summed E-state index contributed by atoms with van der Waals surface area (Å²) in [6.45, 7) is 4.76. The van der Waals surface area contributed by atoms with Crippen molar-refractivity contribution in [3.05, 3.63) is 12.2 Å². The Bertz CT molecular complexity index is 129. The Kier molecular flexibility index (Phi) is 10.5. The summed E-state index contributed by atoms with van der Waals surface area (Å²) >= 11 is 0. The molecule has 0 aliphatic carbocycles. The number of aliphatic hydroxyl groups is 1. The third-order valence-electron chi connectivity index (χ3n) is 2.66. The van der Waals surface area contributed by atoms with E-state index in [1.165, 1.54) is 38.5 Å². The fourth-order valence-corrected chi connectivity index (χ4v) is 1.67. The number of allylic oxidation sites excluding steroid dienone is 2. The van der Waals surface area contributed by atoms with Crippen molar-refractivity contribution in [3.63, 3.8) is 0 Å². The van der Waals surface area contributed by atoms with E-state index in [-0.39, 0.29) is 0 Å². The molecule has 0 heterocycles. The van der Waals surface area contributed by atoms with Gasteiger partial charge in [-0.25, -0.2) is 0 Å². The van der Waals surface area contributed by atoms with Crippen molar-refractivity contribution in [1.82, 2.24) is 0 Å². The number of hydrogen-bond donors (Lipinski definition) is 1. The van der Waals surface area contributed by atoms with Crippen LogP contribution in [-0.2, 0) is 0 Å². The molecule has 0 aliphatic heterocycles. The van der Waals surface area contributed by atoms with Gasteiger partial charge in [0.1, 0.15) is 0 Å². The van der Waals surface area contributed by atoms with E-state index in [1.807, 2.05) is 0 Å². The molecule has 1 heteroatoms. The van der Waals surface area contributed by atoms with Gasteiger partial charge >= 0.3 is 0 Å². The molecule has 1 N–H and O–H groups in total. The van der Waals surface area contributed by atoms with Crippen molar-refractivity contribution in [2.45, 2.75) is 58.8 Å². The van der Waals surface area contributed by atoms with Crippen molar-refractivity contribution in [3.8, 4) is 0 Å². The Hall–Kier alpha value is -0.300. The molecule has 0 spiro atoms. The molecule has 0 aromatic carbocycles. The van der Waals surface area contributed by atoms with Crippen LogP contribution in [0.1, 0.15) is 58.8 Å². The normalized spacial score (nSPS) is 13.6. The fourth-order valence-electron chi connectivity index (χ4n) is 1.67. The second kappa shape index (κ2) is 10.8. The second-order valence-corrected chi connectivity index (χ2v) is 4.18. The highest BCUT2D eigenvalue weighted by atomic mass is 16.2. The summed E-state index contributed by atoms with van der Waals surface area (Å²) in [5.41, 5.74) is 0. The van der Waals surface area contributed by atoms with Crippen molar-refractivity contribution in [2.24, 2.45) is 5.92 Å². The largest absolute Gasteiger partial charge is 0.396 e. The van der Waals surface area contributed by atoms with Crippen LogP contribution in [0, 0.1) is 5.92 Å². The minimum atomic E-state index is 0.355. The lowest BCUT2D eigenvalue weighted by molar-refractivity contribution is 0.277. The molecule has 0 rings (SSSR count). The quantitative estimate of drug-likeness (QED) is 0.440. The Labute approximate surface area is 89.2 Å². The monoisotopic (exact) mass is 198 g/mol. The Morgan fingerprint density at radius 3 is 2.29 bits per heavy atom. The van der Waals surface area contributed by atoms with Crippen molar-refractivity contribution >= 4 is 0 Å². The van der Waals surface area contributed by atoms with Gasteiger partial charge in [0.25, 0.3) is 0 Å². The Morgan fingerprint density at radius 2 is 1.71 bits per heavy atom. The lowest BCUT2D eigenvalue weighted by Crippen LogP contribution is -1.95. The Balaban J connectivity index is 3.13. The topological polar surface area (TPSA) is 20.2 Å². The molecule has 0 saturated carbocycles. The summed E-state index contributed by atoms with van der Waals surface area (Å²) in [5, 5.41) is 8.64. The van der Waals surface area contributed by atoms with Crippen LogP contribution in [0.25, 0.3) is 0 Å². The van der Waals surface area contributed by atoms with E-state index in [4.69, 9.17) is 5.11 Å². The molecule has 0 bridgehead atoms. The highest BCUT2D eigenvalue weighted by Crippen LogP contribution is 2.15. The molecule has 0 aliphatic rings. The predicted molar refractivity (Wildman–Crippen MR) is 63.4 cm³/mol. The maximum atomic E-state index is 8.64. The summed E-state index contributed by atoms with van der Waals surface area (Å²) in [6.07, 6.45) is 13.1. The SMILES string of the molecule is C/C=C/CCCCC(C)CCCCO. The average Bonchev–Trinajstić information content (AvgIpc) is 2.18. The van der Waals surface area contributed by atoms with Crippen LogP contribution < -0.4 is 0 Å². The summed E-state index contributed by atoms with van der Waals surface area (Å²) in [6, 6.07) is 0. The molecule has 14 heavy (non-hydrogen) atoms. The predicted octanol–water partition coefficient (Wildman–Crippen LogP) is 3.92. The first kappa shape index (κ1) is 13.7. The molecule has 0 radical (unpaired) electrons. The van der Waals surface area contributed by atoms with Gasteiger partial charge in [0, 0.05) is 6.61 Å². The summed E-state index contributed by atoms with van der Waals surface area (Å²) < 4.78 is 0. The van der Waals surface area contributed by atoms with Gasteiger partial charge in [-0.2, -0.15) is 0 Å². The zero-order valence-electron chi connectivity index (χ0n) is 9.84. The van der Waals surface area contributed by atoms with Gasteiger partial charge in [0.15, 0.2) is 0 Å². The number of unbranched alkanes of at least 4 members (excludes halogenated alkanes) is 3.